The van der Waals surface area contributed by atoms with Gasteiger partial charge < -0.3 is 29.7 Å². The predicted molar refractivity (Wildman–Crippen MR) is 143 cm³/mol. The summed E-state index contributed by atoms with van der Waals surface area (Å²) < 4.78 is 16.6. The van der Waals surface area contributed by atoms with Crippen molar-refractivity contribution in [2.45, 2.75) is 63.7 Å². The molecule has 0 aromatic heterocycles. The van der Waals surface area contributed by atoms with Crippen molar-refractivity contribution in [3.05, 3.63) is 54.1 Å². The second-order valence-corrected chi connectivity index (χ2v) is 9.57. The zero-order valence-electron chi connectivity index (χ0n) is 22.1. The third-order valence-corrected chi connectivity index (χ3v) is 6.58. The lowest BCUT2D eigenvalue weighted by atomic mass is 10.0. The first-order chi connectivity index (χ1) is 18.0. The Hall–Kier alpha value is -2.81. The standard InChI is InChI=1S/C29H42N2O6/c1-3-4-5-6-18-36-25-9-7-22(8-10-25)29(34)27(21-31-17-15-23(32)20-31)30-28(33)16-19-37-26-13-11-24(35-2)12-14-26/h7-14,23,27,29,32,34H,3-6,15-21H2,1-2H3,(H,30,33)/t23-,27?,29?/m0/s1. The summed E-state index contributed by atoms with van der Waals surface area (Å²) in [4.78, 5) is 14.8. The van der Waals surface area contributed by atoms with Gasteiger partial charge >= 0.3 is 0 Å². The average Bonchev–Trinajstić information content (AvgIpc) is 3.33. The number of β-amino-alcohol motifs (C(OH)–C–C–N with tert-alkyl or cyclic N) is 1. The van der Waals surface area contributed by atoms with Crippen LogP contribution in [0.4, 0.5) is 0 Å². The molecule has 37 heavy (non-hydrogen) atoms. The van der Waals surface area contributed by atoms with Crippen LogP contribution in [0.2, 0.25) is 0 Å². The van der Waals surface area contributed by atoms with Crippen LogP contribution in [0.3, 0.4) is 0 Å². The van der Waals surface area contributed by atoms with Crippen LogP contribution in [-0.2, 0) is 4.79 Å². The van der Waals surface area contributed by atoms with Crippen LogP contribution in [0.25, 0.3) is 0 Å². The Balaban J connectivity index is 1.54. The van der Waals surface area contributed by atoms with Gasteiger partial charge in [-0.25, -0.2) is 0 Å². The minimum absolute atomic E-state index is 0.155. The maximum atomic E-state index is 12.8. The van der Waals surface area contributed by atoms with Crippen LogP contribution in [0.5, 0.6) is 17.2 Å². The molecular formula is C29H42N2O6. The number of aliphatic hydroxyl groups is 2. The van der Waals surface area contributed by atoms with E-state index in [9.17, 15) is 15.0 Å². The summed E-state index contributed by atoms with van der Waals surface area (Å²) in [5.74, 6) is 1.96. The molecule has 2 unspecified atom stereocenters. The van der Waals surface area contributed by atoms with Crippen LogP contribution < -0.4 is 19.5 Å². The normalized spacial score (nSPS) is 17.2. The SMILES string of the molecule is CCCCCCOc1ccc(C(O)C(CN2CC[C@H](O)C2)NC(=O)CCOc2ccc(OC)cc2)cc1. The Bertz CT molecular complexity index is 921. The van der Waals surface area contributed by atoms with Crippen molar-refractivity contribution < 1.29 is 29.2 Å². The predicted octanol–water partition coefficient (Wildman–Crippen LogP) is 3.71. The van der Waals surface area contributed by atoms with Gasteiger partial charge in [-0.2, -0.15) is 0 Å². The van der Waals surface area contributed by atoms with Crippen molar-refractivity contribution in [1.82, 2.24) is 10.2 Å². The van der Waals surface area contributed by atoms with Crippen LogP contribution in [-0.4, -0.2) is 73.1 Å². The molecule has 0 spiro atoms. The zero-order chi connectivity index (χ0) is 26.5. The molecule has 1 heterocycles. The summed E-state index contributed by atoms with van der Waals surface area (Å²) in [5, 5.41) is 24.1. The third-order valence-electron chi connectivity index (χ3n) is 6.58. The molecule has 0 radical (unpaired) electrons. The summed E-state index contributed by atoms with van der Waals surface area (Å²) in [5.41, 5.74) is 0.706. The number of aliphatic hydroxyl groups excluding tert-OH is 2. The van der Waals surface area contributed by atoms with Gasteiger partial charge in [0.1, 0.15) is 23.4 Å². The van der Waals surface area contributed by atoms with Crippen molar-refractivity contribution in [2.24, 2.45) is 0 Å². The summed E-state index contributed by atoms with van der Waals surface area (Å²) in [6, 6.07) is 14.1. The van der Waals surface area contributed by atoms with Gasteiger partial charge in [-0.1, -0.05) is 38.3 Å². The molecule has 204 valence electrons. The van der Waals surface area contributed by atoms with Gasteiger partial charge in [0.25, 0.3) is 0 Å². The number of carbonyl (C=O) groups is 1. The Morgan fingerprint density at radius 3 is 2.27 bits per heavy atom. The molecule has 1 aliphatic rings. The summed E-state index contributed by atoms with van der Waals surface area (Å²) in [6.45, 7) is 4.78. The molecular weight excluding hydrogens is 472 g/mol. The van der Waals surface area contributed by atoms with E-state index < -0.39 is 12.1 Å². The molecule has 3 N–H and O–H groups in total. The fourth-order valence-electron chi connectivity index (χ4n) is 4.41. The van der Waals surface area contributed by atoms with Crippen LogP contribution >= 0.6 is 0 Å². The van der Waals surface area contributed by atoms with Gasteiger partial charge in [0.15, 0.2) is 0 Å². The first kappa shape index (κ1) is 28.8. The minimum atomic E-state index is -0.900. The zero-order valence-corrected chi connectivity index (χ0v) is 22.1. The second kappa shape index (κ2) is 15.4. The third kappa shape index (κ3) is 9.87. The lowest BCUT2D eigenvalue weighted by Gasteiger charge is -2.29. The van der Waals surface area contributed by atoms with E-state index in [0.29, 0.717) is 37.4 Å². The largest absolute Gasteiger partial charge is 0.497 e. The topological polar surface area (TPSA) is 100 Å². The molecule has 0 aliphatic carbocycles. The molecule has 2 aromatic rings. The maximum absolute atomic E-state index is 12.8. The maximum Gasteiger partial charge on any atom is 0.223 e. The smallest absolute Gasteiger partial charge is 0.223 e. The first-order valence-electron chi connectivity index (χ1n) is 13.4. The van der Waals surface area contributed by atoms with Gasteiger partial charge in [-0.15, -0.1) is 0 Å². The number of benzene rings is 2. The number of nitrogens with one attached hydrogen (secondary N) is 1. The molecule has 1 amide bonds. The molecule has 2 aromatic carbocycles. The van der Waals surface area contributed by atoms with Crippen LogP contribution in [0.15, 0.2) is 48.5 Å². The second-order valence-electron chi connectivity index (χ2n) is 9.57. The monoisotopic (exact) mass is 514 g/mol. The number of methoxy groups -OCH3 is 1. The number of nitrogens with zero attached hydrogens (tertiary/aromatic N) is 1. The van der Waals surface area contributed by atoms with Crippen LogP contribution in [0.1, 0.15) is 57.1 Å². The van der Waals surface area contributed by atoms with Gasteiger partial charge in [0.05, 0.1) is 38.9 Å². The number of amides is 1. The van der Waals surface area contributed by atoms with E-state index in [1.54, 1.807) is 31.4 Å². The number of hydrogen-bond acceptors (Lipinski definition) is 7. The highest BCUT2D eigenvalue weighted by Gasteiger charge is 2.29. The summed E-state index contributed by atoms with van der Waals surface area (Å²) >= 11 is 0. The highest BCUT2D eigenvalue weighted by atomic mass is 16.5. The minimum Gasteiger partial charge on any atom is -0.497 e. The van der Waals surface area contributed by atoms with Gasteiger partial charge in [-0.05, 0) is 54.8 Å². The van der Waals surface area contributed by atoms with Crippen LogP contribution in [0, 0.1) is 0 Å². The average molecular weight is 515 g/mol. The molecule has 0 bridgehead atoms. The van der Waals surface area contributed by atoms with E-state index in [2.05, 4.69) is 17.1 Å². The van der Waals surface area contributed by atoms with E-state index in [1.807, 2.05) is 24.3 Å². The Morgan fingerprint density at radius 1 is 1.00 bits per heavy atom. The molecule has 1 saturated heterocycles. The molecule has 0 saturated carbocycles. The van der Waals surface area contributed by atoms with Crippen molar-refractivity contribution in [3.8, 4) is 17.2 Å². The van der Waals surface area contributed by atoms with Gasteiger partial charge in [0, 0.05) is 19.6 Å². The van der Waals surface area contributed by atoms with Gasteiger partial charge in [0.2, 0.25) is 5.91 Å². The van der Waals surface area contributed by atoms with Crippen molar-refractivity contribution in [1.29, 1.82) is 0 Å². The number of likely N-dealkylation sites (tertiary alicyclic amines) is 1. The number of ether oxygens (including phenoxy) is 3. The quantitative estimate of drug-likeness (QED) is 0.294. The van der Waals surface area contributed by atoms with E-state index in [0.717, 1.165) is 30.9 Å². The molecule has 3 rings (SSSR count). The van der Waals surface area contributed by atoms with E-state index in [-0.39, 0.29) is 25.0 Å². The summed E-state index contributed by atoms with van der Waals surface area (Å²) in [7, 11) is 1.60. The van der Waals surface area contributed by atoms with E-state index in [1.165, 1.54) is 12.8 Å². The Kier molecular flexibility index (Phi) is 12.0. The van der Waals surface area contributed by atoms with E-state index in [4.69, 9.17) is 14.2 Å². The fourth-order valence-corrected chi connectivity index (χ4v) is 4.41. The Morgan fingerprint density at radius 2 is 1.65 bits per heavy atom. The molecule has 8 heteroatoms. The van der Waals surface area contributed by atoms with E-state index >= 15 is 0 Å². The highest BCUT2D eigenvalue weighted by molar-refractivity contribution is 5.76. The number of rotatable bonds is 16. The van der Waals surface area contributed by atoms with Crippen molar-refractivity contribution in [2.75, 3.05) is 40.0 Å². The number of unbranched alkanes of at least 4 members (excludes halogenated alkanes) is 3. The Labute approximate surface area is 220 Å². The van der Waals surface area contributed by atoms with Gasteiger partial charge in [-0.3, -0.25) is 9.69 Å². The number of hydrogen-bond donors (Lipinski definition) is 3. The van der Waals surface area contributed by atoms with Crippen molar-refractivity contribution >= 4 is 5.91 Å². The fraction of sp³-hybridized carbons (Fsp3) is 0.552. The van der Waals surface area contributed by atoms with Crippen molar-refractivity contribution in [3.63, 3.8) is 0 Å². The lowest BCUT2D eigenvalue weighted by molar-refractivity contribution is -0.123. The molecule has 1 aliphatic heterocycles. The summed E-state index contributed by atoms with van der Waals surface area (Å²) in [6.07, 6.45) is 4.16. The first-order valence-corrected chi connectivity index (χ1v) is 13.4. The molecule has 3 atom stereocenters. The highest BCUT2D eigenvalue weighted by Crippen LogP contribution is 2.23. The molecule has 1 fully saturated rings. The lowest BCUT2D eigenvalue weighted by Crippen LogP contribution is -2.47. The number of carbonyl (C=O) groups excluding carboxylic acids is 1. The molecule has 8 nitrogen and oxygen atoms in total.